The summed E-state index contributed by atoms with van der Waals surface area (Å²) in [4.78, 5) is 31.3. The van der Waals surface area contributed by atoms with Gasteiger partial charge in [0.15, 0.2) is 5.76 Å². The van der Waals surface area contributed by atoms with Crippen LogP contribution in [-0.2, 0) is 9.53 Å². The zero-order valence-electron chi connectivity index (χ0n) is 17.3. The molecule has 0 saturated carbocycles. The number of nitrogens with one attached hydrogen (secondary N) is 1. The van der Waals surface area contributed by atoms with Crippen LogP contribution in [0.4, 0.5) is 11.4 Å². The first-order valence-electron chi connectivity index (χ1n) is 10.4. The second-order valence-corrected chi connectivity index (χ2v) is 7.62. The van der Waals surface area contributed by atoms with Gasteiger partial charge in [-0.1, -0.05) is 0 Å². The summed E-state index contributed by atoms with van der Waals surface area (Å²) in [7, 11) is 0. The Hall–Kier alpha value is -2.84. The minimum Gasteiger partial charge on any atom is -0.459 e. The molecule has 1 N–H and O–H groups in total. The summed E-state index contributed by atoms with van der Waals surface area (Å²) in [6, 6.07) is 11.1. The highest BCUT2D eigenvalue weighted by atomic mass is 16.5. The molecule has 30 heavy (non-hydrogen) atoms. The van der Waals surface area contributed by atoms with E-state index in [1.165, 1.54) is 6.26 Å². The van der Waals surface area contributed by atoms with Crippen molar-refractivity contribution < 1.29 is 18.7 Å². The number of hydrogen-bond acceptors (Lipinski definition) is 6. The number of morpholine rings is 1. The molecule has 0 spiro atoms. The van der Waals surface area contributed by atoms with E-state index in [9.17, 15) is 9.59 Å². The Morgan fingerprint density at radius 1 is 0.967 bits per heavy atom. The number of nitrogens with zero attached hydrogens (tertiary/aromatic N) is 3. The predicted molar refractivity (Wildman–Crippen MR) is 114 cm³/mol. The first-order valence-corrected chi connectivity index (χ1v) is 10.4. The van der Waals surface area contributed by atoms with Crippen LogP contribution in [0, 0.1) is 0 Å². The van der Waals surface area contributed by atoms with Crippen molar-refractivity contribution in [3.8, 4) is 0 Å². The number of benzene rings is 1. The molecule has 0 radical (unpaired) electrons. The smallest absolute Gasteiger partial charge is 0.289 e. The van der Waals surface area contributed by atoms with E-state index in [4.69, 9.17) is 9.15 Å². The number of furan rings is 1. The molecule has 160 valence electrons. The highest BCUT2D eigenvalue weighted by Crippen LogP contribution is 2.20. The molecule has 2 fully saturated rings. The molecule has 2 aliphatic rings. The van der Waals surface area contributed by atoms with E-state index >= 15 is 0 Å². The van der Waals surface area contributed by atoms with Crippen LogP contribution in [0.3, 0.4) is 0 Å². The van der Waals surface area contributed by atoms with Gasteiger partial charge in [0.25, 0.3) is 5.91 Å². The maximum Gasteiger partial charge on any atom is 0.289 e. The number of ether oxygens (including phenoxy) is 1. The molecule has 0 unspecified atom stereocenters. The van der Waals surface area contributed by atoms with E-state index in [0.717, 1.165) is 37.7 Å². The summed E-state index contributed by atoms with van der Waals surface area (Å²) in [6.07, 6.45) is 1.50. The molecule has 2 aromatic rings. The predicted octanol–water partition coefficient (Wildman–Crippen LogP) is 1.90. The van der Waals surface area contributed by atoms with Crippen LogP contribution in [0.2, 0.25) is 0 Å². The molecule has 2 saturated heterocycles. The van der Waals surface area contributed by atoms with Gasteiger partial charge in [-0.25, -0.2) is 0 Å². The van der Waals surface area contributed by atoms with Gasteiger partial charge in [0.1, 0.15) is 0 Å². The quantitative estimate of drug-likeness (QED) is 0.808. The Kier molecular flexibility index (Phi) is 6.35. The van der Waals surface area contributed by atoms with Crippen LogP contribution < -0.4 is 10.2 Å². The fourth-order valence-corrected chi connectivity index (χ4v) is 3.86. The number of amides is 2. The van der Waals surface area contributed by atoms with Crippen LogP contribution in [0.25, 0.3) is 0 Å². The molecule has 1 aromatic heterocycles. The third-order valence-electron chi connectivity index (χ3n) is 5.77. The molecule has 4 rings (SSSR count). The van der Waals surface area contributed by atoms with Crippen LogP contribution >= 0.6 is 0 Å². The Bertz CT molecular complexity index is 839. The number of rotatable bonds is 5. The maximum atomic E-state index is 12.7. The van der Waals surface area contributed by atoms with E-state index in [2.05, 4.69) is 15.1 Å². The summed E-state index contributed by atoms with van der Waals surface area (Å²) in [5.74, 6) is 0.215. The number of carbonyl (C=O) groups excluding carboxylic acids is 2. The van der Waals surface area contributed by atoms with Gasteiger partial charge in [-0.05, 0) is 43.3 Å². The molecule has 0 aliphatic carbocycles. The van der Waals surface area contributed by atoms with Crippen molar-refractivity contribution in [1.29, 1.82) is 0 Å². The van der Waals surface area contributed by atoms with Gasteiger partial charge in [0.05, 0.1) is 25.5 Å². The SMILES string of the molecule is C[C@@H](C(=O)Nc1ccc(N2CCOCC2)cc1)N1CCN(C(=O)c2ccco2)CC1. The van der Waals surface area contributed by atoms with Crippen molar-refractivity contribution in [2.45, 2.75) is 13.0 Å². The monoisotopic (exact) mass is 412 g/mol. The molecular weight excluding hydrogens is 384 g/mol. The van der Waals surface area contributed by atoms with Crippen LogP contribution in [0.5, 0.6) is 0 Å². The average Bonchev–Trinajstić information content (AvgIpc) is 3.34. The Balaban J connectivity index is 1.27. The van der Waals surface area contributed by atoms with E-state index in [1.54, 1.807) is 17.0 Å². The first-order chi connectivity index (χ1) is 14.6. The molecule has 1 atom stereocenters. The summed E-state index contributed by atoms with van der Waals surface area (Å²) >= 11 is 0. The van der Waals surface area contributed by atoms with E-state index in [-0.39, 0.29) is 17.9 Å². The van der Waals surface area contributed by atoms with Gasteiger partial charge in [0, 0.05) is 50.6 Å². The molecular formula is C22H28N4O4. The van der Waals surface area contributed by atoms with Crippen LogP contribution in [0.1, 0.15) is 17.5 Å². The lowest BCUT2D eigenvalue weighted by atomic mass is 10.2. The van der Waals surface area contributed by atoms with Crippen LogP contribution in [-0.4, -0.2) is 80.1 Å². The molecule has 3 heterocycles. The molecule has 8 nitrogen and oxygen atoms in total. The van der Waals surface area contributed by atoms with Crippen molar-refractivity contribution in [2.24, 2.45) is 0 Å². The molecule has 2 amide bonds. The third kappa shape index (κ3) is 4.66. The van der Waals surface area contributed by atoms with Gasteiger partial charge < -0.3 is 24.3 Å². The van der Waals surface area contributed by atoms with Crippen molar-refractivity contribution >= 4 is 23.2 Å². The summed E-state index contributed by atoms with van der Waals surface area (Å²) in [5, 5.41) is 3.01. The van der Waals surface area contributed by atoms with Gasteiger partial charge in [0.2, 0.25) is 5.91 Å². The summed E-state index contributed by atoms with van der Waals surface area (Å²) in [6.45, 7) is 7.62. The topological polar surface area (TPSA) is 78.3 Å². The Morgan fingerprint density at radius 2 is 1.67 bits per heavy atom. The second-order valence-electron chi connectivity index (χ2n) is 7.62. The van der Waals surface area contributed by atoms with E-state index in [1.807, 2.05) is 31.2 Å². The second kappa shape index (κ2) is 9.32. The summed E-state index contributed by atoms with van der Waals surface area (Å²) < 4.78 is 10.6. The minimum absolute atomic E-state index is 0.0417. The molecule has 1 aromatic carbocycles. The Morgan fingerprint density at radius 3 is 2.30 bits per heavy atom. The zero-order chi connectivity index (χ0) is 20.9. The standard InChI is InChI=1S/C22H28N4O4/c1-17(24-8-10-26(11-9-24)22(28)20-3-2-14-30-20)21(27)23-18-4-6-19(7-5-18)25-12-15-29-16-13-25/h2-7,14,17H,8-13,15-16H2,1H3,(H,23,27)/t17-/m0/s1. The first kappa shape index (κ1) is 20.4. The highest BCUT2D eigenvalue weighted by Gasteiger charge is 2.28. The molecule has 8 heteroatoms. The van der Waals surface area contributed by atoms with Gasteiger partial charge in [-0.15, -0.1) is 0 Å². The fraction of sp³-hybridized carbons (Fsp3) is 0.455. The van der Waals surface area contributed by atoms with Crippen molar-refractivity contribution in [3.05, 3.63) is 48.4 Å². The van der Waals surface area contributed by atoms with E-state index < -0.39 is 0 Å². The lowest BCUT2D eigenvalue weighted by Crippen LogP contribution is -2.54. The van der Waals surface area contributed by atoms with Crippen molar-refractivity contribution in [1.82, 2.24) is 9.80 Å². The zero-order valence-corrected chi connectivity index (χ0v) is 17.3. The third-order valence-corrected chi connectivity index (χ3v) is 5.77. The highest BCUT2D eigenvalue weighted by molar-refractivity contribution is 5.95. The van der Waals surface area contributed by atoms with Gasteiger partial charge in [-0.3, -0.25) is 14.5 Å². The average molecular weight is 412 g/mol. The number of carbonyl (C=O) groups is 2. The maximum absolute atomic E-state index is 12.7. The number of hydrogen-bond donors (Lipinski definition) is 1. The normalized spacial score (nSPS) is 18.8. The molecule has 0 bridgehead atoms. The number of anilines is 2. The van der Waals surface area contributed by atoms with Gasteiger partial charge >= 0.3 is 0 Å². The largest absolute Gasteiger partial charge is 0.459 e. The van der Waals surface area contributed by atoms with Crippen molar-refractivity contribution in [3.63, 3.8) is 0 Å². The number of piperazine rings is 1. The minimum atomic E-state index is -0.273. The Labute approximate surface area is 176 Å². The fourth-order valence-electron chi connectivity index (χ4n) is 3.86. The summed E-state index contributed by atoms with van der Waals surface area (Å²) in [5.41, 5.74) is 1.93. The van der Waals surface area contributed by atoms with Crippen molar-refractivity contribution in [2.75, 3.05) is 62.7 Å². The van der Waals surface area contributed by atoms with Crippen LogP contribution in [0.15, 0.2) is 47.1 Å². The van der Waals surface area contributed by atoms with E-state index in [0.29, 0.717) is 31.9 Å². The van der Waals surface area contributed by atoms with Gasteiger partial charge in [-0.2, -0.15) is 0 Å². The lowest BCUT2D eigenvalue weighted by molar-refractivity contribution is -0.121. The molecule has 2 aliphatic heterocycles. The lowest BCUT2D eigenvalue weighted by Gasteiger charge is -2.37.